The molecule has 1 aliphatic rings. The number of phenols is 1. The molecule has 1 fully saturated rings. The molecule has 0 radical (unpaired) electrons. The maximum absolute atomic E-state index is 12.3. The van der Waals surface area contributed by atoms with Gasteiger partial charge in [0.05, 0.1) is 11.9 Å². The zero-order valence-electron chi connectivity index (χ0n) is 12.7. The largest absolute Gasteiger partial charge is 0.508 e. The maximum atomic E-state index is 12.3. The summed E-state index contributed by atoms with van der Waals surface area (Å²) in [4.78, 5) is 19.8. The Morgan fingerprint density at radius 2 is 2.13 bits per heavy atom. The van der Waals surface area contributed by atoms with Gasteiger partial charge >= 0.3 is 0 Å². The van der Waals surface area contributed by atoms with E-state index >= 15 is 0 Å². The van der Waals surface area contributed by atoms with Crippen molar-refractivity contribution in [2.75, 3.05) is 0 Å². The van der Waals surface area contributed by atoms with Crippen LogP contribution < -0.4 is 5.56 Å². The zero-order chi connectivity index (χ0) is 15.8. The molecule has 0 atom stereocenters. The fourth-order valence-electron chi connectivity index (χ4n) is 3.36. The van der Waals surface area contributed by atoms with E-state index in [1.165, 1.54) is 31.9 Å². The SMILES string of the molecule is O=c1[nH]c(CC2CCCC2)nc2c1cnn2-c1cccc(O)c1. The quantitative estimate of drug-likeness (QED) is 0.778. The molecule has 0 amide bonds. The van der Waals surface area contributed by atoms with Crippen LogP contribution in [0.4, 0.5) is 0 Å². The number of rotatable bonds is 3. The second-order valence-corrected chi connectivity index (χ2v) is 6.18. The van der Waals surface area contributed by atoms with Crippen LogP contribution in [0.1, 0.15) is 31.5 Å². The molecule has 6 heteroatoms. The number of nitrogens with zero attached hydrogens (tertiary/aromatic N) is 3. The predicted molar refractivity (Wildman–Crippen MR) is 86.8 cm³/mol. The highest BCUT2D eigenvalue weighted by atomic mass is 16.3. The third-order valence-electron chi connectivity index (χ3n) is 4.52. The lowest BCUT2D eigenvalue weighted by Gasteiger charge is -2.08. The lowest BCUT2D eigenvalue weighted by molar-refractivity contribution is 0.475. The highest BCUT2D eigenvalue weighted by Crippen LogP contribution is 2.27. The Morgan fingerprint density at radius 3 is 2.91 bits per heavy atom. The van der Waals surface area contributed by atoms with Crippen molar-refractivity contribution in [2.45, 2.75) is 32.1 Å². The number of nitrogens with one attached hydrogen (secondary N) is 1. The number of H-pyrrole nitrogens is 1. The summed E-state index contributed by atoms with van der Waals surface area (Å²) < 4.78 is 1.60. The van der Waals surface area contributed by atoms with Gasteiger partial charge in [0.1, 0.15) is 17.0 Å². The molecule has 0 unspecified atom stereocenters. The van der Waals surface area contributed by atoms with Crippen molar-refractivity contribution in [3.05, 3.63) is 46.6 Å². The summed E-state index contributed by atoms with van der Waals surface area (Å²) in [6, 6.07) is 6.77. The van der Waals surface area contributed by atoms with Crippen LogP contribution in [0.15, 0.2) is 35.3 Å². The summed E-state index contributed by atoms with van der Waals surface area (Å²) in [7, 11) is 0. The number of aromatic amines is 1. The molecule has 0 saturated heterocycles. The Hall–Kier alpha value is -2.63. The van der Waals surface area contributed by atoms with Crippen LogP contribution in [-0.2, 0) is 6.42 Å². The molecule has 118 valence electrons. The first-order valence-electron chi connectivity index (χ1n) is 7.97. The number of benzene rings is 1. The second kappa shape index (κ2) is 5.53. The average molecular weight is 310 g/mol. The van der Waals surface area contributed by atoms with Crippen LogP contribution in [0.2, 0.25) is 0 Å². The molecule has 2 aromatic heterocycles. The first kappa shape index (κ1) is 14.0. The van der Waals surface area contributed by atoms with Crippen LogP contribution in [0.5, 0.6) is 5.75 Å². The van der Waals surface area contributed by atoms with Gasteiger partial charge in [-0.25, -0.2) is 9.67 Å². The smallest absolute Gasteiger partial charge is 0.262 e. The topological polar surface area (TPSA) is 83.8 Å². The van der Waals surface area contributed by atoms with E-state index in [0.29, 0.717) is 22.6 Å². The van der Waals surface area contributed by atoms with Gasteiger partial charge < -0.3 is 10.1 Å². The van der Waals surface area contributed by atoms with Gasteiger partial charge in [-0.2, -0.15) is 5.10 Å². The van der Waals surface area contributed by atoms with E-state index in [1.54, 1.807) is 22.9 Å². The highest BCUT2D eigenvalue weighted by molar-refractivity contribution is 5.75. The van der Waals surface area contributed by atoms with E-state index in [9.17, 15) is 9.90 Å². The first-order chi connectivity index (χ1) is 11.2. The lowest BCUT2D eigenvalue weighted by Crippen LogP contribution is -2.14. The van der Waals surface area contributed by atoms with Gasteiger partial charge in [0.15, 0.2) is 5.65 Å². The van der Waals surface area contributed by atoms with Crippen molar-refractivity contribution in [3.63, 3.8) is 0 Å². The minimum Gasteiger partial charge on any atom is -0.508 e. The second-order valence-electron chi connectivity index (χ2n) is 6.18. The molecule has 0 aliphatic heterocycles. The normalized spacial score (nSPS) is 15.5. The molecular weight excluding hydrogens is 292 g/mol. The van der Waals surface area contributed by atoms with Gasteiger partial charge in [0, 0.05) is 12.5 Å². The van der Waals surface area contributed by atoms with Crippen molar-refractivity contribution in [2.24, 2.45) is 5.92 Å². The molecule has 3 aromatic rings. The number of fused-ring (bicyclic) bond motifs is 1. The summed E-state index contributed by atoms with van der Waals surface area (Å²) in [5, 5.41) is 14.4. The van der Waals surface area contributed by atoms with E-state index in [0.717, 1.165) is 12.2 Å². The Labute approximate surface area is 132 Å². The molecule has 2 N–H and O–H groups in total. The van der Waals surface area contributed by atoms with Crippen molar-refractivity contribution in [3.8, 4) is 11.4 Å². The number of aromatic hydroxyl groups is 1. The molecular formula is C17H18N4O2. The van der Waals surface area contributed by atoms with E-state index in [2.05, 4.69) is 15.1 Å². The molecule has 1 aliphatic carbocycles. The van der Waals surface area contributed by atoms with Crippen LogP contribution in [0.3, 0.4) is 0 Å². The third kappa shape index (κ3) is 2.60. The van der Waals surface area contributed by atoms with Gasteiger partial charge in [-0.05, 0) is 18.1 Å². The van der Waals surface area contributed by atoms with Crippen LogP contribution >= 0.6 is 0 Å². The Kier molecular flexibility index (Phi) is 3.37. The van der Waals surface area contributed by atoms with Crippen molar-refractivity contribution in [1.29, 1.82) is 0 Å². The molecule has 23 heavy (non-hydrogen) atoms. The lowest BCUT2D eigenvalue weighted by atomic mass is 10.0. The van der Waals surface area contributed by atoms with Crippen LogP contribution in [0.25, 0.3) is 16.7 Å². The van der Waals surface area contributed by atoms with Gasteiger partial charge in [-0.3, -0.25) is 4.79 Å². The highest BCUT2D eigenvalue weighted by Gasteiger charge is 2.18. The number of aromatic nitrogens is 4. The summed E-state index contributed by atoms with van der Waals surface area (Å²) in [6.45, 7) is 0. The summed E-state index contributed by atoms with van der Waals surface area (Å²) >= 11 is 0. The standard InChI is InChI=1S/C17H18N4O2/c22-13-7-3-6-12(9-13)21-16-14(10-18-21)17(23)20-15(19-16)8-11-4-1-2-5-11/h3,6-7,9-11,22H,1-2,4-5,8H2,(H,19,20,23). The molecule has 1 saturated carbocycles. The van der Waals surface area contributed by atoms with E-state index in [4.69, 9.17) is 0 Å². The number of hydrogen-bond donors (Lipinski definition) is 2. The Morgan fingerprint density at radius 1 is 1.30 bits per heavy atom. The summed E-state index contributed by atoms with van der Waals surface area (Å²) in [5.41, 5.74) is 1.06. The Bertz CT molecular complexity index is 906. The van der Waals surface area contributed by atoms with E-state index in [-0.39, 0.29) is 11.3 Å². The fourth-order valence-corrected chi connectivity index (χ4v) is 3.36. The van der Waals surface area contributed by atoms with E-state index < -0.39 is 0 Å². The van der Waals surface area contributed by atoms with Gasteiger partial charge in [0.2, 0.25) is 0 Å². The molecule has 1 aromatic carbocycles. The van der Waals surface area contributed by atoms with E-state index in [1.807, 2.05) is 6.07 Å². The average Bonchev–Trinajstić information content (AvgIpc) is 3.17. The fraction of sp³-hybridized carbons (Fsp3) is 0.353. The van der Waals surface area contributed by atoms with Crippen molar-refractivity contribution < 1.29 is 5.11 Å². The minimum absolute atomic E-state index is 0.155. The van der Waals surface area contributed by atoms with Gasteiger partial charge in [-0.15, -0.1) is 0 Å². The monoisotopic (exact) mass is 310 g/mol. The van der Waals surface area contributed by atoms with Crippen LogP contribution in [0, 0.1) is 5.92 Å². The predicted octanol–water partition coefficient (Wildman–Crippen LogP) is 2.55. The van der Waals surface area contributed by atoms with Gasteiger partial charge in [0.25, 0.3) is 5.56 Å². The van der Waals surface area contributed by atoms with Crippen molar-refractivity contribution in [1.82, 2.24) is 19.7 Å². The minimum atomic E-state index is -0.158. The summed E-state index contributed by atoms with van der Waals surface area (Å²) in [6.07, 6.45) is 7.25. The van der Waals surface area contributed by atoms with Crippen molar-refractivity contribution >= 4 is 11.0 Å². The first-order valence-corrected chi connectivity index (χ1v) is 7.97. The Balaban J connectivity index is 1.80. The number of phenolic OH excluding ortho intramolecular Hbond substituents is 1. The van der Waals surface area contributed by atoms with Gasteiger partial charge in [-0.1, -0.05) is 31.7 Å². The molecule has 0 bridgehead atoms. The zero-order valence-corrected chi connectivity index (χ0v) is 12.7. The molecule has 4 rings (SSSR count). The molecule has 0 spiro atoms. The number of hydrogen-bond acceptors (Lipinski definition) is 4. The maximum Gasteiger partial charge on any atom is 0.262 e. The third-order valence-corrected chi connectivity index (χ3v) is 4.52. The van der Waals surface area contributed by atoms with Crippen LogP contribution in [-0.4, -0.2) is 24.9 Å². The summed E-state index contributed by atoms with van der Waals surface area (Å²) in [5.74, 6) is 1.48. The molecule has 2 heterocycles. The molecule has 6 nitrogen and oxygen atoms in total.